The third kappa shape index (κ3) is 2.17. The molecule has 2 aliphatic rings. The van der Waals surface area contributed by atoms with Gasteiger partial charge in [-0.2, -0.15) is 0 Å². The second-order valence-corrected chi connectivity index (χ2v) is 4.83. The van der Waals surface area contributed by atoms with Crippen molar-refractivity contribution in [1.82, 2.24) is 0 Å². The van der Waals surface area contributed by atoms with Gasteiger partial charge in [0.05, 0.1) is 19.8 Å². The van der Waals surface area contributed by atoms with E-state index in [1.54, 1.807) is 12.1 Å². The molecule has 1 saturated heterocycles. The largest absolute Gasteiger partial charge is 0.480 e. The quantitative estimate of drug-likeness (QED) is 0.849. The number of nitrogens with zero attached hydrogens (tertiary/aromatic N) is 1. The predicted molar refractivity (Wildman–Crippen MR) is 69.6 cm³/mol. The summed E-state index contributed by atoms with van der Waals surface area (Å²) >= 11 is 0. The number of ether oxygens (including phenoxy) is 2. The SMILES string of the molecule is O=C(O)C1Cc2ccccc2N1C(=O)C1COCCO1. The fourth-order valence-electron chi connectivity index (χ4n) is 2.64. The van der Waals surface area contributed by atoms with Crippen molar-refractivity contribution < 1.29 is 24.2 Å². The molecule has 2 unspecified atom stereocenters. The van der Waals surface area contributed by atoms with E-state index < -0.39 is 18.1 Å². The van der Waals surface area contributed by atoms with Crippen LogP contribution in [0.2, 0.25) is 0 Å². The van der Waals surface area contributed by atoms with E-state index in [2.05, 4.69) is 0 Å². The van der Waals surface area contributed by atoms with Crippen LogP contribution in [0.4, 0.5) is 5.69 Å². The number of amides is 1. The first-order valence-electron chi connectivity index (χ1n) is 6.51. The van der Waals surface area contributed by atoms with Crippen LogP contribution in [0.5, 0.6) is 0 Å². The molecule has 2 heterocycles. The fourth-order valence-corrected chi connectivity index (χ4v) is 2.64. The Labute approximate surface area is 115 Å². The highest BCUT2D eigenvalue weighted by Crippen LogP contribution is 2.33. The number of carboxylic acids is 1. The molecule has 2 aliphatic heterocycles. The van der Waals surface area contributed by atoms with Gasteiger partial charge in [-0.25, -0.2) is 4.79 Å². The van der Waals surface area contributed by atoms with Crippen molar-refractivity contribution >= 4 is 17.6 Å². The molecule has 1 aromatic rings. The van der Waals surface area contributed by atoms with Crippen LogP contribution in [0.1, 0.15) is 5.56 Å². The molecule has 0 aliphatic carbocycles. The number of anilines is 1. The van der Waals surface area contributed by atoms with Crippen LogP contribution in [0.25, 0.3) is 0 Å². The maximum absolute atomic E-state index is 12.5. The molecular formula is C14H15NO5. The molecule has 3 rings (SSSR count). The van der Waals surface area contributed by atoms with E-state index >= 15 is 0 Å². The van der Waals surface area contributed by atoms with E-state index in [9.17, 15) is 14.7 Å². The summed E-state index contributed by atoms with van der Waals surface area (Å²) in [7, 11) is 0. The van der Waals surface area contributed by atoms with Gasteiger partial charge in [-0.05, 0) is 11.6 Å². The molecule has 20 heavy (non-hydrogen) atoms. The first-order chi connectivity index (χ1) is 9.68. The molecule has 1 amide bonds. The fraction of sp³-hybridized carbons (Fsp3) is 0.429. The molecule has 6 nitrogen and oxygen atoms in total. The summed E-state index contributed by atoms with van der Waals surface area (Å²) in [6.45, 7) is 0.982. The molecule has 1 N–H and O–H groups in total. The molecule has 0 spiro atoms. The van der Waals surface area contributed by atoms with E-state index in [-0.39, 0.29) is 12.5 Å². The van der Waals surface area contributed by atoms with Gasteiger partial charge < -0.3 is 14.6 Å². The van der Waals surface area contributed by atoms with E-state index in [1.807, 2.05) is 12.1 Å². The average molecular weight is 277 g/mol. The van der Waals surface area contributed by atoms with Crippen LogP contribution >= 0.6 is 0 Å². The second kappa shape index (κ2) is 5.22. The molecule has 1 aromatic carbocycles. The summed E-state index contributed by atoms with van der Waals surface area (Å²) in [6.07, 6.45) is -0.401. The van der Waals surface area contributed by atoms with E-state index in [4.69, 9.17) is 9.47 Å². The smallest absolute Gasteiger partial charge is 0.327 e. The number of aliphatic carboxylic acids is 1. The molecule has 6 heteroatoms. The minimum absolute atomic E-state index is 0.170. The lowest BCUT2D eigenvalue weighted by atomic mass is 10.1. The third-order valence-electron chi connectivity index (χ3n) is 3.59. The van der Waals surface area contributed by atoms with Crippen molar-refractivity contribution in [3.63, 3.8) is 0 Å². The topological polar surface area (TPSA) is 76.1 Å². The van der Waals surface area contributed by atoms with Crippen molar-refractivity contribution in [2.24, 2.45) is 0 Å². The van der Waals surface area contributed by atoms with Crippen molar-refractivity contribution in [1.29, 1.82) is 0 Å². The Balaban J connectivity index is 1.91. The zero-order valence-electron chi connectivity index (χ0n) is 10.8. The minimum Gasteiger partial charge on any atom is -0.480 e. The number of carbonyl (C=O) groups is 2. The van der Waals surface area contributed by atoms with Crippen LogP contribution in [0, 0.1) is 0 Å². The van der Waals surface area contributed by atoms with Gasteiger partial charge in [-0.15, -0.1) is 0 Å². The van der Waals surface area contributed by atoms with Gasteiger partial charge >= 0.3 is 5.97 Å². The highest BCUT2D eigenvalue weighted by atomic mass is 16.6. The lowest BCUT2D eigenvalue weighted by molar-refractivity contribution is -0.148. The second-order valence-electron chi connectivity index (χ2n) is 4.83. The third-order valence-corrected chi connectivity index (χ3v) is 3.59. The van der Waals surface area contributed by atoms with Crippen LogP contribution in [0.15, 0.2) is 24.3 Å². The van der Waals surface area contributed by atoms with Crippen molar-refractivity contribution in [3.05, 3.63) is 29.8 Å². The van der Waals surface area contributed by atoms with E-state index in [0.29, 0.717) is 25.3 Å². The predicted octanol–water partition coefficient (Wildman–Crippen LogP) is 0.444. The van der Waals surface area contributed by atoms with Crippen molar-refractivity contribution in [2.45, 2.75) is 18.6 Å². The number of hydrogen-bond donors (Lipinski definition) is 1. The number of rotatable bonds is 2. The summed E-state index contributed by atoms with van der Waals surface area (Å²) < 4.78 is 10.6. The van der Waals surface area contributed by atoms with Crippen LogP contribution in [0.3, 0.4) is 0 Å². The molecule has 2 atom stereocenters. The molecule has 1 fully saturated rings. The molecule has 0 saturated carbocycles. The van der Waals surface area contributed by atoms with Crippen LogP contribution < -0.4 is 4.90 Å². The van der Waals surface area contributed by atoms with E-state index in [1.165, 1.54) is 4.90 Å². The Bertz CT molecular complexity index is 538. The number of benzene rings is 1. The lowest BCUT2D eigenvalue weighted by Gasteiger charge is -2.29. The Morgan fingerprint density at radius 3 is 2.75 bits per heavy atom. The zero-order chi connectivity index (χ0) is 14.1. The summed E-state index contributed by atoms with van der Waals surface area (Å²) in [4.78, 5) is 25.3. The van der Waals surface area contributed by atoms with Gasteiger partial charge in [-0.3, -0.25) is 9.69 Å². The Morgan fingerprint density at radius 2 is 2.05 bits per heavy atom. The van der Waals surface area contributed by atoms with Gasteiger partial charge in [0, 0.05) is 12.1 Å². The number of fused-ring (bicyclic) bond motifs is 1. The Hall–Kier alpha value is -1.92. The number of hydrogen-bond acceptors (Lipinski definition) is 4. The summed E-state index contributed by atoms with van der Waals surface area (Å²) in [6, 6.07) is 6.37. The molecule has 0 aromatic heterocycles. The minimum atomic E-state index is -1.01. The maximum atomic E-state index is 12.5. The molecule has 0 radical (unpaired) electrons. The molecule has 0 bridgehead atoms. The highest BCUT2D eigenvalue weighted by Gasteiger charge is 2.41. The standard InChI is InChI=1S/C14H15NO5/c16-13(12-8-19-5-6-20-12)15-10-4-2-1-3-9(10)7-11(15)14(17)18/h1-4,11-12H,5-8H2,(H,17,18). The van der Waals surface area contributed by atoms with Crippen molar-refractivity contribution in [3.8, 4) is 0 Å². The normalized spacial score (nSPS) is 25.3. The van der Waals surface area contributed by atoms with E-state index in [0.717, 1.165) is 5.56 Å². The molecular weight excluding hydrogens is 262 g/mol. The summed E-state index contributed by atoms with van der Waals surface area (Å²) in [5.74, 6) is -1.35. The zero-order valence-corrected chi connectivity index (χ0v) is 10.8. The van der Waals surface area contributed by atoms with Gasteiger partial charge in [0.2, 0.25) is 0 Å². The number of carbonyl (C=O) groups excluding carboxylic acids is 1. The Kier molecular flexibility index (Phi) is 3.42. The lowest BCUT2D eigenvalue weighted by Crippen LogP contribution is -2.50. The summed E-state index contributed by atoms with van der Waals surface area (Å²) in [5.41, 5.74) is 1.52. The van der Waals surface area contributed by atoms with Gasteiger partial charge in [-0.1, -0.05) is 18.2 Å². The first-order valence-corrected chi connectivity index (χ1v) is 6.51. The van der Waals surface area contributed by atoms with Crippen LogP contribution in [-0.4, -0.2) is 48.9 Å². The summed E-state index contributed by atoms with van der Waals surface area (Å²) in [5, 5.41) is 9.34. The van der Waals surface area contributed by atoms with Gasteiger partial charge in [0.15, 0.2) is 6.10 Å². The highest BCUT2D eigenvalue weighted by molar-refractivity contribution is 6.04. The number of para-hydroxylation sites is 1. The molecule has 106 valence electrons. The Morgan fingerprint density at radius 1 is 1.25 bits per heavy atom. The van der Waals surface area contributed by atoms with Crippen molar-refractivity contribution in [2.75, 3.05) is 24.7 Å². The van der Waals surface area contributed by atoms with Gasteiger partial charge in [0.1, 0.15) is 6.04 Å². The maximum Gasteiger partial charge on any atom is 0.327 e. The first kappa shape index (κ1) is 13.1. The number of carboxylic acid groups (broad SMARTS) is 1. The average Bonchev–Trinajstić information content (AvgIpc) is 2.87. The monoisotopic (exact) mass is 277 g/mol. The van der Waals surface area contributed by atoms with Crippen LogP contribution in [-0.2, 0) is 25.5 Å². The van der Waals surface area contributed by atoms with Gasteiger partial charge in [0.25, 0.3) is 5.91 Å².